The van der Waals surface area contributed by atoms with Gasteiger partial charge < -0.3 is 19.5 Å². The van der Waals surface area contributed by atoms with E-state index in [1.165, 1.54) is 6.42 Å². The molecule has 2 aromatic rings. The lowest BCUT2D eigenvalue weighted by Gasteiger charge is -2.36. The number of ether oxygens (including phenoxy) is 3. The first-order valence-corrected chi connectivity index (χ1v) is 9.07. The molecule has 5 heteroatoms. The number of rotatable bonds is 4. The first kappa shape index (κ1) is 16.8. The lowest BCUT2D eigenvalue weighted by molar-refractivity contribution is -0.122. The van der Waals surface area contributed by atoms with Gasteiger partial charge >= 0.3 is 0 Å². The summed E-state index contributed by atoms with van der Waals surface area (Å²) in [6.45, 7) is 0.240. The van der Waals surface area contributed by atoms with Crippen molar-refractivity contribution in [2.24, 2.45) is 0 Å². The Balaban J connectivity index is 1.64. The molecule has 0 saturated heterocycles. The second-order valence-corrected chi connectivity index (χ2v) is 6.89. The van der Waals surface area contributed by atoms with Crippen LogP contribution in [0.3, 0.4) is 0 Å². The van der Waals surface area contributed by atoms with E-state index >= 15 is 0 Å². The predicted molar refractivity (Wildman–Crippen MR) is 99.0 cm³/mol. The van der Waals surface area contributed by atoms with Gasteiger partial charge in [0.1, 0.15) is 5.75 Å². The highest BCUT2D eigenvalue weighted by Gasteiger charge is 2.41. The summed E-state index contributed by atoms with van der Waals surface area (Å²) in [5, 5.41) is 3.10. The van der Waals surface area contributed by atoms with Gasteiger partial charge in [-0.2, -0.15) is 0 Å². The number of carbonyl (C=O) groups excluding carboxylic acids is 1. The first-order valence-electron chi connectivity index (χ1n) is 9.07. The number of hydrogen-bond donors (Lipinski definition) is 1. The third-order valence-corrected chi connectivity index (χ3v) is 5.41. The van der Waals surface area contributed by atoms with E-state index in [9.17, 15) is 4.79 Å². The van der Waals surface area contributed by atoms with Crippen molar-refractivity contribution in [2.75, 3.05) is 19.2 Å². The molecule has 1 saturated carbocycles. The number of fused-ring (bicyclic) bond motifs is 1. The predicted octanol–water partition coefficient (Wildman–Crippen LogP) is 4.26. The van der Waals surface area contributed by atoms with Crippen molar-refractivity contribution in [1.82, 2.24) is 0 Å². The summed E-state index contributed by atoms with van der Waals surface area (Å²) in [5.41, 5.74) is 1.26. The molecule has 0 bridgehead atoms. The lowest BCUT2D eigenvalue weighted by atomic mass is 9.68. The largest absolute Gasteiger partial charge is 0.497 e. The van der Waals surface area contributed by atoms with Crippen LogP contribution in [0.15, 0.2) is 42.5 Å². The molecule has 0 unspecified atom stereocenters. The minimum absolute atomic E-state index is 0.0428. The fraction of sp³-hybridized carbons (Fsp3) is 0.381. The minimum atomic E-state index is -0.529. The summed E-state index contributed by atoms with van der Waals surface area (Å²) in [6, 6.07) is 13.3. The second-order valence-electron chi connectivity index (χ2n) is 6.89. The number of hydrogen-bond acceptors (Lipinski definition) is 4. The normalized spacial score (nSPS) is 17.6. The summed E-state index contributed by atoms with van der Waals surface area (Å²) in [5.74, 6) is 2.28. The second kappa shape index (κ2) is 6.90. The van der Waals surface area contributed by atoms with Crippen molar-refractivity contribution in [1.29, 1.82) is 0 Å². The third kappa shape index (κ3) is 2.98. The Bertz CT molecular complexity index is 794. The topological polar surface area (TPSA) is 56.8 Å². The van der Waals surface area contributed by atoms with E-state index in [0.29, 0.717) is 0 Å². The maximum absolute atomic E-state index is 13.3. The van der Waals surface area contributed by atoms with Crippen LogP contribution in [0.5, 0.6) is 17.2 Å². The van der Waals surface area contributed by atoms with Crippen LogP contribution in [-0.2, 0) is 10.2 Å². The van der Waals surface area contributed by atoms with E-state index in [2.05, 4.69) is 5.32 Å². The van der Waals surface area contributed by atoms with E-state index in [1.54, 1.807) is 7.11 Å². The van der Waals surface area contributed by atoms with Crippen LogP contribution in [0.25, 0.3) is 0 Å². The van der Waals surface area contributed by atoms with E-state index < -0.39 is 5.41 Å². The molecular weight excluding hydrogens is 330 g/mol. The molecule has 1 amide bonds. The molecule has 2 aliphatic rings. The summed E-state index contributed by atoms with van der Waals surface area (Å²) in [6.07, 6.45) is 4.94. The molecule has 0 spiro atoms. The SMILES string of the molecule is COc1ccc(NC(=O)C2(c3ccc4c(c3)OCO4)CCCCC2)cc1. The smallest absolute Gasteiger partial charge is 0.235 e. The van der Waals surface area contributed by atoms with Crippen molar-refractivity contribution in [3.8, 4) is 17.2 Å². The number of methoxy groups -OCH3 is 1. The molecule has 1 aliphatic carbocycles. The van der Waals surface area contributed by atoms with Crippen LogP contribution >= 0.6 is 0 Å². The van der Waals surface area contributed by atoms with Gasteiger partial charge in [-0.3, -0.25) is 4.79 Å². The van der Waals surface area contributed by atoms with Gasteiger partial charge in [0.15, 0.2) is 11.5 Å². The van der Waals surface area contributed by atoms with Crippen molar-refractivity contribution in [3.05, 3.63) is 48.0 Å². The number of amides is 1. The fourth-order valence-electron chi connectivity index (χ4n) is 3.92. The van der Waals surface area contributed by atoms with Crippen molar-refractivity contribution in [3.63, 3.8) is 0 Å². The van der Waals surface area contributed by atoms with Gasteiger partial charge in [-0.25, -0.2) is 0 Å². The van der Waals surface area contributed by atoms with Gasteiger partial charge in [-0.05, 0) is 54.8 Å². The number of anilines is 1. The molecule has 1 aliphatic heterocycles. The molecular formula is C21H23NO4. The molecule has 0 radical (unpaired) electrons. The highest BCUT2D eigenvalue weighted by atomic mass is 16.7. The highest BCUT2D eigenvalue weighted by molar-refractivity contribution is 5.99. The lowest BCUT2D eigenvalue weighted by Crippen LogP contribution is -2.42. The highest BCUT2D eigenvalue weighted by Crippen LogP contribution is 2.44. The Morgan fingerprint density at radius 3 is 2.46 bits per heavy atom. The molecule has 0 aromatic heterocycles. The van der Waals surface area contributed by atoms with Crippen molar-refractivity contribution >= 4 is 11.6 Å². The molecule has 1 fully saturated rings. The summed E-state index contributed by atoms with van der Waals surface area (Å²) >= 11 is 0. The zero-order chi connectivity index (χ0) is 18.0. The van der Waals surface area contributed by atoms with E-state index in [0.717, 1.165) is 54.2 Å². The molecule has 0 atom stereocenters. The summed E-state index contributed by atoms with van der Waals surface area (Å²) < 4.78 is 16.1. The van der Waals surface area contributed by atoms with Crippen LogP contribution < -0.4 is 19.5 Å². The zero-order valence-corrected chi connectivity index (χ0v) is 14.9. The monoisotopic (exact) mass is 353 g/mol. The maximum Gasteiger partial charge on any atom is 0.235 e. The number of benzene rings is 2. The summed E-state index contributed by atoms with van der Waals surface area (Å²) in [4.78, 5) is 13.3. The third-order valence-electron chi connectivity index (χ3n) is 5.41. The minimum Gasteiger partial charge on any atom is -0.497 e. The Morgan fingerprint density at radius 1 is 1.00 bits per heavy atom. The van der Waals surface area contributed by atoms with Gasteiger partial charge in [0.2, 0.25) is 12.7 Å². The number of carbonyl (C=O) groups is 1. The maximum atomic E-state index is 13.3. The Labute approximate surface area is 153 Å². The van der Waals surface area contributed by atoms with Crippen LogP contribution in [0.2, 0.25) is 0 Å². The van der Waals surface area contributed by atoms with Crippen molar-refractivity contribution < 1.29 is 19.0 Å². The average molecular weight is 353 g/mol. The van der Waals surface area contributed by atoms with Gasteiger partial charge in [0, 0.05) is 5.69 Å². The van der Waals surface area contributed by atoms with Crippen LogP contribution in [0.4, 0.5) is 5.69 Å². The Hall–Kier alpha value is -2.69. The van der Waals surface area contributed by atoms with Crippen LogP contribution in [0.1, 0.15) is 37.7 Å². The molecule has 5 nitrogen and oxygen atoms in total. The number of nitrogens with one attached hydrogen (secondary N) is 1. The fourth-order valence-corrected chi connectivity index (χ4v) is 3.92. The van der Waals surface area contributed by atoms with E-state index in [4.69, 9.17) is 14.2 Å². The molecule has 136 valence electrons. The van der Waals surface area contributed by atoms with Gasteiger partial charge in [-0.1, -0.05) is 25.3 Å². The molecule has 26 heavy (non-hydrogen) atoms. The van der Waals surface area contributed by atoms with E-state index in [-0.39, 0.29) is 12.7 Å². The van der Waals surface area contributed by atoms with Gasteiger partial charge in [-0.15, -0.1) is 0 Å². The molecule has 2 aromatic carbocycles. The molecule has 1 heterocycles. The Kier molecular flexibility index (Phi) is 4.45. The quantitative estimate of drug-likeness (QED) is 0.892. The zero-order valence-electron chi connectivity index (χ0n) is 14.9. The Morgan fingerprint density at radius 2 is 1.73 bits per heavy atom. The molecule has 4 rings (SSSR count). The van der Waals surface area contributed by atoms with Crippen molar-refractivity contribution in [2.45, 2.75) is 37.5 Å². The van der Waals surface area contributed by atoms with Gasteiger partial charge in [0.05, 0.1) is 12.5 Å². The molecule has 1 N–H and O–H groups in total. The average Bonchev–Trinajstić information content (AvgIpc) is 3.17. The van der Waals surface area contributed by atoms with Crippen LogP contribution in [0, 0.1) is 0 Å². The van der Waals surface area contributed by atoms with E-state index in [1.807, 2.05) is 42.5 Å². The standard InChI is InChI=1S/C21H23NO4/c1-24-17-8-6-16(7-9-17)22-20(23)21(11-3-2-4-12-21)15-5-10-18-19(13-15)26-14-25-18/h5-10,13H,2-4,11-12,14H2,1H3,(H,22,23). The van der Waals surface area contributed by atoms with Crippen LogP contribution in [-0.4, -0.2) is 19.8 Å². The first-order chi connectivity index (χ1) is 12.7. The van der Waals surface area contributed by atoms with Gasteiger partial charge in [0.25, 0.3) is 0 Å². The summed E-state index contributed by atoms with van der Waals surface area (Å²) in [7, 11) is 1.63.